The van der Waals surface area contributed by atoms with Gasteiger partial charge in [0.25, 0.3) is 0 Å². The van der Waals surface area contributed by atoms with E-state index in [1.54, 1.807) is 31.4 Å². The molecule has 0 aromatic heterocycles. The Labute approximate surface area is 124 Å². The van der Waals surface area contributed by atoms with Crippen LogP contribution in [-0.2, 0) is 9.53 Å². The highest BCUT2D eigenvalue weighted by Gasteiger charge is 2.21. The maximum atomic E-state index is 11.2. The molecular weight excluding hydrogens is 274 g/mol. The minimum absolute atomic E-state index is 0.0376. The molecule has 6 nitrogen and oxygen atoms in total. The number of hydrogen-bond donors (Lipinski definition) is 3. The minimum atomic E-state index is -0.785. The molecular formula is C15H23NO5. The molecule has 0 radical (unpaired) electrons. The SMILES string of the molecule is COC(=O)CCC(NCCO)C(O)c1ccc(OC)cc1. The van der Waals surface area contributed by atoms with E-state index >= 15 is 0 Å². The first kappa shape index (κ1) is 17.4. The van der Waals surface area contributed by atoms with Crippen LogP contribution in [0.15, 0.2) is 24.3 Å². The van der Waals surface area contributed by atoms with E-state index in [0.29, 0.717) is 18.7 Å². The molecule has 0 spiro atoms. The molecule has 21 heavy (non-hydrogen) atoms. The highest BCUT2D eigenvalue weighted by Crippen LogP contribution is 2.22. The van der Waals surface area contributed by atoms with Crippen molar-refractivity contribution in [1.82, 2.24) is 5.32 Å². The summed E-state index contributed by atoms with van der Waals surface area (Å²) in [4.78, 5) is 11.2. The van der Waals surface area contributed by atoms with Crippen LogP contribution < -0.4 is 10.1 Å². The van der Waals surface area contributed by atoms with E-state index in [1.165, 1.54) is 7.11 Å². The molecule has 1 rings (SSSR count). The quantitative estimate of drug-likeness (QED) is 0.580. The van der Waals surface area contributed by atoms with Crippen molar-refractivity contribution in [1.29, 1.82) is 0 Å². The monoisotopic (exact) mass is 297 g/mol. The van der Waals surface area contributed by atoms with Gasteiger partial charge in [-0.15, -0.1) is 0 Å². The molecule has 2 unspecified atom stereocenters. The number of rotatable bonds is 9. The summed E-state index contributed by atoms with van der Waals surface area (Å²) in [5.74, 6) is 0.383. The molecule has 118 valence electrons. The van der Waals surface area contributed by atoms with Crippen LogP contribution in [0.3, 0.4) is 0 Å². The van der Waals surface area contributed by atoms with E-state index in [2.05, 4.69) is 10.1 Å². The Morgan fingerprint density at radius 1 is 1.29 bits per heavy atom. The Hall–Kier alpha value is -1.63. The van der Waals surface area contributed by atoms with Crippen molar-refractivity contribution in [3.63, 3.8) is 0 Å². The molecule has 1 aromatic carbocycles. The van der Waals surface area contributed by atoms with E-state index < -0.39 is 6.10 Å². The van der Waals surface area contributed by atoms with Crippen molar-refractivity contribution < 1.29 is 24.5 Å². The van der Waals surface area contributed by atoms with Gasteiger partial charge in [-0.3, -0.25) is 4.79 Å². The number of carbonyl (C=O) groups excluding carboxylic acids is 1. The predicted molar refractivity (Wildman–Crippen MR) is 78.1 cm³/mol. The van der Waals surface area contributed by atoms with Crippen molar-refractivity contribution in [3.05, 3.63) is 29.8 Å². The summed E-state index contributed by atoms with van der Waals surface area (Å²) in [7, 11) is 2.91. The smallest absolute Gasteiger partial charge is 0.305 e. The average Bonchev–Trinajstić information content (AvgIpc) is 2.54. The summed E-state index contributed by atoms with van der Waals surface area (Å²) in [6.07, 6.45) is -0.167. The third-order valence-electron chi connectivity index (χ3n) is 3.24. The Morgan fingerprint density at radius 3 is 2.48 bits per heavy atom. The lowest BCUT2D eigenvalue weighted by atomic mass is 9.98. The summed E-state index contributed by atoms with van der Waals surface area (Å²) in [6.45, 7) is 0.309. The number of carbonyl (C=O) groups is 1. The van der Waals surface area contributed by atoms with Crippen molar-refractivity contribution in [3.8, 4) is 5.75 Å². The normalized spacial score (nSPS) is 13.5. The van der Waals surface area contributed by atoms with Gasteiger partial charge in [0.1, 0.15) is 5.75 Å². The van der Waals surface area contributed by atoms with Crippen molar-refractivity contribution in [2.45, 2.75) is 25.0 Å². The van der Waals surface area contributed by atoms with Crippen LogP contribution in [0.5, 0.6) is 5.75 Å². The number of nitrogens with one attached hydrogen (secondary N) is 1. The van der Waals surface area contributed by atoms with E-state index in [-0.39, 0.29) is 25.0 Å². The van der Waals surface area contributed by atoms with Gasteiger partial charge in [-0.25, -0.2) is 0 Å². The fourth-order valence-electron chi connectivity index (χ4n) is 2.03. The van der Waals surface area contributed by atoms with Crippen LogP contribution in [0.1, 0.15) is 24.5 Å². The molecule has 1 aromatic rings. The molecule has 0 saturated heterocycles. The number of hydrogen-bond acceptors (Lipinski definition) is 6. The molecule has 0 heterocycles. The lowest BCUT2D eigenvalue weighted by Crippen LogP contribution is -2.37. The lowest BCUT2D eigenvalue weighted by molar-refractivity contribution is -0.141. The predicted octanol–water partition coefficient (Wildman–Crippen LogP) is 0.632. The zero-order valence-electron chi connectivity index (χ0n) is 12.4. The van der Waals surface area contributed by atoms with Gasteiger partial charge >= 0.3 is 5.97 Å². The first-order valence-electron chi connectivity index (χ1n) is 6.85. The van der Waals surface area contributed by atoms with E-state index in [9.17, 15) is 9.90 Å². The van der Waals surface area contributed by atoms with Crippen molar-refractivity contribution in [2.75, 3.05) is 27.4 Å². The molecule has 6 heteroatoms. The maximum Gasteiger partial charge on any atom is 0.305 e. The van der Waals surface area contributed by atoms with Gasteiger partial charge in [0.2, 0.25) is 0 Å². The zero-order chi connectivity index (χ0) is 15.7. The van der Waals surface area contributed by atoms with E-state index in [0.717, 1.165) is 5.56 Å². The zero-order valence-corrected chi connectivity index (χ0v) is 12.4. The number of aliphatic hydroxyl groups is 2. The van der Waals surface area contributed by atoms with Crippen LogP contribution in [0.25, 0.3) is 0 Å². The van der Waals surface area contributed by atoms with Gasteiger partial charge in [-0.2, -0.15) is 0 Å². The first-order valence-corrected chi connectivity index (χ1v) is 6.85. The fraction of sp³-hybridized carbons (Fsp3) is 0.533. The third kappa shape index (κ3) is 5.71. The van der Waals surface area contributed by atoms with Gasteiger partial charge < -0.3 is 25.0 Å². The van der Waals surface area contributed by atoms with E-state index in [4.69, 9.17) is 9.84 Å². The summed E-state index contributed by atoms with van der Waals surface area (Å²) >= 11 is 0. The Morgan fingerprint density at radius 2 is 1.95 bits per heavy atom. The second-order valence-corrected chi connectivity index (χ2v) is 4.62. The highest BCUT2D eigenvalue weighted by molar-refractivity contribution is 5.69. The molecule has 0 aliphatic heterocycles. The molecule has 0 fully saturated rings. The topological polar surface area (TPSA) is 88.0 Å². The lowest BCUT2D eigenvalue weighted by Gasteiger charge is -2.24. The van der Waals surface area contributed by atoms with Gasteiger partial charge in [-0.05, 0) is 24.1 Å². The van der Waals surface area contributed by atoms with E-state index in [1.807, 2.05) is 0 Å². The molecule has 3 N–H and O–H groups in total. The summed E-state index contributed by atoms with van der Waals surface area (Å²) < 4.78 is 9.68. The number of benzene rings is 1. The van der Waals surface area contributed by atoms with Crippen molar-refractivity contribution in [2.24, 2.45) is 0 Å². The van der Waals surface area contributed by atoms with Crippen LogP contribution in [0.4, 0.5) is 0 Å². The number of aliphatic hydroxyl groups excluding tert-OH is 2. The Kier molecular flexibility index (Phi) is 7.74. The average molecular weight is 297 g/mol. The molecule has 0 aliphatic rings. The van der Waals surface area contributed by atoms with Gasteiger partial charge in [-0.1, -0.05) is 12.1 Å². The first-order chi connectivity index (χ1) is 10.1. The maximum absolute atomic E-state index is 11.2. The van der Waals surface area contributed by atoms with Gasteiger partial charge in [0, 0.05) is 19.0 Å². The Bertz CT molecular complexity index is 421. The third-order valence-corrected chi connectivity index (χ3v) is 3.24. The Balaban J connectivity index is 2.71. The molecule has 0 bridgehead atoms. The number of esters is 1. The van der Waals surface area contributed by atoms with Crippen LogP contribution in [0, 0.1) is 0 Å². The minimum Gasteiger partial charge on any atom is -0.497 e. The summed E-state index contributed by atoms with van der Waals surface area (Å²) in [6, 6.07) is 6.73. The molecule has 0 saturated carbocycles. The molecule has 2 atom stereocenters. The number of methoxy groups -OCH3 is 2. The molecule has 0 aliphatic carbocycles. The standard InChI is InChI=1S/C15H23NO5/c1-20-12-5-3-11(4-6-12)15(19)13(16-9-10-17)7-8-14(18)21-2/h3-6,13,15-17,19H,7-10H2,1-2H3. The second-order valence-electron chi connectivity index (χ2n) is 4.62. The molecule has 0 amide bonds. The summed E-state index contributed by atoms with van der Waals surface area (Å²) in [5.41, 5.74) is 0.719. The fourth-order valence-corrected chi connectivity index (χ4v) is 2.03. The van der Waals surface area contributed by atoms with Gasteiger partial charge in [0.05, 0.1) is 26.9 Å². The summed E-state index contributed by atoms with van der Waals surface area (Å²) in [5, 5.41) is 22.4. The van der Waals surface area contributed by atoms with Crippen LogP contribution in [-0.4, -0.2) is 49.6 Å². The van der Waals surface area contributed by atoms with Crippen LogP contribution >= 0.6 is 0 Å². The highest BCUT2D eigenvalue weighted by atomic mass is 16.5. The van der Waals surface area contributed by atoms with Gasteiger partial charge in [0.15, 0.2) is 0 Å². The largest absolute Gasteiger partial charge is 0.497 e. The van der Waals surface area contributed by atoms with Crippen molar-refractivity contribution >= 4 is 5.97 Å². The second kappa shape index (κ2) is 9.33. The van der Waals surface area contributed by atoms with Crippen LogP contribution in [0.2, 0.25) is 0 Å². The number of ether oxygens (including phenoxy) is 2.